The zero-order chi connectivity index (χ0) is 13.1. The van der Waals surface area contributed by atoms with Gasteiger partial charge in [-0.3, -0.25) is 0 Å². The number of aliphatic hydroxyl groups is 2. The summed E-state index contributed by atoms with van der Waals surface area (Å²) in [5.41, 5.74) is 0.257. The van der Waals surface area contributed by atoms with Crippen LogP contribution in [0.25, 0.3) is 0 Å². The largest absolute Gasteiger partial charge is 0.573 e. The Balaban J connectivity index is 2.74. The first kappa shape index (κ1) is 14.1. The van der Waals surface area contributed by atoms with Crippen LogP contribution in [-0.4, -0.2) is 28.6 Å². The van der Waals surface area contributed by atoms with E-state index < -0.39 is 24.3 Å². The molecule has 0 amide bonds. The van der Waals surface area contributed by atoms with Crippen molar-refractivity contribution in [2.24, 2.45) is 0 Å². The maximum atomic E-state index is 11.9. The molecule has 96 valence electrons. The molecule has 2 unspecified atom stereocenters. The number of benzene rings is 1. The Kier molecular flexibility index (Phi) is 4.62. The fraction of sp³-hybridized carbons (Fsp3) is 0.400. The average molecular weight is 271 g/mol. The summed E-state index contributed by atoms with van der Waals surface area (Å²) in [5.74, 6) is -0.573. The van der Waals surface area contributed by atoms with Crippen LogP contribution < -0.4 is 4.74 Å². The second-order valence-corrected chi connectivity index (χ2v) is 3.59. The number of hydrogen-bond donors (Lipinski definition) is 2. The molecule has 1 rings (SSSR count). The summed E-state index contributed by atoms with van der Waals surface area (Å²) in [6.45, 7) is 0. The highest BCUT2D eigenvalue weighted by Crippen LogP contribution is 2.25. The molecular weight excluding hydrogens is 261 g/mol. The summed E-state index contributed by atoms with van der Waals surface area (Å²) in [4.78, 5) is 0. The van der Waals surface area contributed by atoms with Crippen LogP contribution in [0.2, 0.25) is 0 Å². The zero-order valence-corrected chi connectivity index (χ0v) is 9.24. The van der Waals surface area contributed by atoms with Crippen molar-refractivity contribution < 1.29 is 28.1 Å². The van der Waals surface area contributed by atoms with E-state index in [0.29, 0.717) is 0 Å². The van der Waals surface area contributed by atoms with Crippen LogP contribution >= 0.6 is 11.6 Å². The number of hydrogen-bond acceptors (Lipinski definition) is 3. The van der Waals surface area contributed by atoms with Crippen molar-refractivity contribution in [1.29, 1.82) is 0 Å². The van der Waals surface area contributed by atoms with Crippen LogP contribution in [0.3, 0.4) is 0 Å². The first-order chi connectivity index (χ1) is 7.83. The molecule has 1 aromatic carbocycles. The molecule has 2 N–H and O–H groups in total. The van der Waals surface area contributed by atoms with Gasteiger partial charge < -0.3 is 14.9 Å². The van der Waals surface area contributed by atoms with Gasteiger partial charge in [0.05, 0.1) is 12.0 Å². The number of aliphatic hydroxyl groups excluding tert-OH is 2. The molecule has 0 bridgehead atoms. The lowest BCUT2D eigenvalue weighted by molar-refractivity contribution is -0.274. The van der Waals surface area contributed by atoms with Crippen molar-refractivity contribution in [2.75, 3.05) is 5.88 Å². The van der Waals surface area contributed by atoms with E-state index in [1.165, 1.54) is 12.1 Å². The number of alkyl halides is 4. The van der Waals surface area contributed by atoms with Gasteiger partial charge in [-0.2, -0.15) is 0 Å². The Morgan fingerprint density at radius 3 is 2.12 bits per heavy atom. The Hall–Kier alpha value is -0.980. The fourth-order valence-electron chi connectivity index (χ4n) is 1.17. The predicted molar refractivity (Wildman–Crippen MR) is 54.8 cm³/mol. The minimum atomic E-state index is -4.75. The van der Waals surface area contributed by atoms with Gasteiger partial charge in [0.1, 0.15) is 11.9 Å². The molecule has 0 saturated carbocycles. The molecule has 7 heteroatoms. The van der Waals surface area contributed by atoms with E-state index in [0.717, 1.165) is 12.1 Å². The van der Waals surface area contributed by atoms with Gasteiger partial charge in [-0.1, -0.05) is 12.1 Å². The van der Waals surface area contributed by atoms with E-state index in [1.54, 1.807) is 0 Å². The third-order valence-corrected chi connectivity index (χ3v) is 2.29. The molecule has 0 aliphatic rings. The lowest BCUT2D eigenvalue weighted by Gasteiger charge is -2.16. The molecule has 2 atom stereocenters. The van der Waals surface area contributed by atoms with E-state index in [1.807, 2.05) is 0 Å². The van der Waals surface area contributed by atoms with Gasteiger partial charge in [-0.25, -0.2) is 0 Å². The molecule has 0 fully saturated rings. The molecule has 1 aromatic rings. The third kappa shape index (κ3) is 4.41. The van der Waals surface area contributed by atoms with Gasteiger partial charge in [0.25, 0.3) is 0 Å². The minimum absolute atomic E-state index is 0.179. The molecule has 0 spiro atoms. The summed E-state index contributed by atoms with van der Waals surface area (Å²) < 4.78 is 39.2. The Morgan fingerprint density at radius 1 is 1.18 bits per heavy atom. The van der Waals surface area contributed by atoms with Crippen molar-refractivity contribution in [1.82, 2.24) is 0 Å². The molecule has 3 nitrogen and oxygen atoms in total. The fourth-order valence-corrected chi connectivity index (χ4v) is 1.34. The van der Waals surface area contributed by atoms with Gasteiger partial charge in [0, 0.05) is 0 Å². The summed E-state index contributed by atoms with van der Waals surface area (Å²) in [6.07, 6.45) is -7.17. The topological polar surface area (TPSA) is 49.7 Å². The quantitative estimate of drug-likeness (QED) is 0.825. The van der Waals surface area contributed by atoms with Crippen molar-refractivity contribution in [3.05, 3.63) is 29.8 Å². The van der Waals surface area contributed by atoms with E-state index in [4.69, 9.17) is 11.6 Å². The van der Waals surface area contributed by atoms with E-state index >= 15 is 0 Å². The van der Waals surface area contributed by atoms with Crippen LogP contribution in [-0.2, 0) is 0 Å². The van der Waals surface area contributed by atoms with E-state index in [2.05, 4.69) is 4.74 Å². The molecule has 0 radical (unpaired) electrons. The number of ether oxygens (including phenoxy) is 1. The van der Waals surface area contributed by atoms with Crippen molar-refractivity contribution in [2.45, 2.75) is 18.6 Å². The second-order valence-electron chi connectivity index (χ2n) is 3.28. The highest BCUT2D eigenvalue weighted by Gasteiger charge is 2.31. The lowest BCUT2D eigenvalue weighted by atomic mass is 10.1. The van der Waals surface area contributed by atoms with Crippen molar-refractivity contribution >= 4 is 11.6 Å². The second kappa shape index (κ2) is 5.57. The zero-order valence-electron chi connectivity index (χ0n) is 8.49. The molecule has 0 saturated heterocycles. The highest BCUT2D eigenvalue weighted by molar-refractivity contribution is 6.18. The molecule has 0 heterocycles. The summed E-state index contributed by atoms with van der Waals surface area (Å²) in [6, 6.07) is 4.54. The first-order valence-electron chi connectivity index (χ1n) is 4.61. The first-order valence-corrected chi connectivity index (χ1v) is 5.15. The molecule has 17 heavy (non-hydrogen) atoms. The average Bonchev–Trinajstić information content (AvgIpc) is 2.26. The Morgan fingerprint density at radius 2 is 1.71 bits per heavy atom. The standard InChI is InChI=1S/C10H10ClF3O3/c11-5-8(15)9(16)6-1-3-7(4-2-6)17-10(12,13)14/h1-4,8-9,15-16H,5H2. The summed E-state index contributed by atoms with van der Waals surface area (Å²) in [7, 11) is 0. The Bertz CT molecular complexity index is 353. The molecule has 0 aromatic heterocycles. The van der Waals surface area contributed by atoms with Gasteiger partial charge in [0.2, 0.25) is 0 Å². The van der Waals surface area contributed by atoms with Gasteiger partial charge in [0.15, 0.2) is 0 Å². The SMILES string of the molecule is OC(CCl)C(O)c1ccc(OC(F)(F)F)cc1. The summed E-state index contributed by atoms with van der Waals surface area (Å²) >= 11 is 5.33. The molecule has 0 aliphatic carbocycles. The molecule has 0 aliphatic heterocycles. The normalized spacial score (nSPS) is 15.4. The van der Waals surface area contributed by atoms with E-state index in [9.17, 15) is 23.4 Å². The minimum Gasteiger partial charge on any atom is -0.406 e. The maximum Gasteiger partial charge on any atom is 0.573 e. The van der Waals surface area contributed by atoms with Crippen molar-refractivity contribution in [3.63, 3.8) is 0 Å². The van der Waals surface area contributed by atoms with Crippen LogP contribution in [0.5, 0.6) is 5.75 Å². The number of rotatable bonds is 4. The highest BCUT2D eigenvalue weighted by atomic mass is 35.5. The smallest absolute Gasteiger partial charge is 0.406 e. The maximum absolute atomic E-state index is 11.9. The van der Waals surface area contributed by atoms with Crippen LogP contribution in [0.4, 0.5) is 13.2 Å². The Labute approximate surface area is 100 Å². The summed E-state index contributed by atoms with van der Waals surface area (Å²) in [5, 5.41) is 18.8. The van der Waals surface area contributed by atoms with Crippen LogP contribution in [0.15, 0.2) is 24.3 Å². The van der Waals surface area contributed by atoms with Crippen LogP contribution in [0, 0.1) is 0 Å². The third-order valence-electron chi connectivity index (χ3n) is 1.98. The van der Waals surface area contributed by atoms with Gasteiger partial charge >= 0.3 is 6.36 Å². The number of halogens is 4. The predicted octanol–water partition coefficient (Wildman–Crippen LogP) is 2.22. The van der Waals surface area contributed by atoms with Crippen LogP contribution in [0.1, 0.15) is 11.7 Å². The van der Waals surface area contributed by atoms with Gasteiger partial charge in [-0.05, 0) is 17.7 Å². The van der Waals surface area contributed by atoms with Crippen molar-refractivity contribution in [3.8, 4) is 5.75 Å². The lowest BCUT2D eigenvalue weighted by Crippen LogP contribution is -2.20. The van der Waals surface area contributed by atoms with E-state index in [-0.39, 0.29) is 11.4 Å². The monoisotopic (exact) mass is 270 g/mol. The molecular formula is C10H10ClF3O3. The van der Waals surface area contributed by atoms with Gasteiger partial charge in [-0.15, -0.1) is 24.8 Å².